The Morgan fingerprint density at radius 3 is 2.71 bits per heavy atom. The highest BCUT2D eigenvalue weighted by Crippen LogP contribution is 2.18. The van der Waals surface area contributed by atoms with Gasteiger partial charge in [0, 0.05) is 17.1 Å². The van der Waals surface area contributed by atoms with Gasteiger partial charge in [-0.1, -0.05) is 18.2 Å². The van der Waals surface area contributed by atoms with Gasteiger partial charge in [0.05, 0.1) is 6.10 Å². The molecule has 0 saturated carbocycles. The van der Waals surface area contributed by atoms with Crippen LogP contribution in [0.4, 0.5) is 0 Å². The number of rotatable bonds is 5. The van der Waals surface area contributed by atoms with Crippen molar-refractivity contribution in [1.29, 1.82) is 0 Å². The first-order valence-corrected chi connectivity index (χ1v) is 5.61. The summed E-state index contributed by atoms with van der Waals surface area (Å²) < 4.78 is 0. The highest BCUT2D eigenvalue weighted by molar-refractivity contribution is 7.99. The second kappa shape index (κ2) is 6.53. The van der Waals surface area contributed by atoms with E-state index in [0.717, 1.165) is 0 Å². The molecule has 1 rings (SSSR count). The molecule has 1 aromatic carbocycles. The molecular formula is C12H14OS. The van der Waals surface area contributed by atoms with Gasteiger partial charge < -0.3 is 5.11 Å². The van der Waals surface area contributed by atoms with Crippen molar-refractivity contribution in [2.75, 3.05) is 5.75 Å². The molecule has 0 radical (unpaired) electrons. The van der Waals surface area contributed by atoms with Gasteiger partial charge in [-0.15, -0.1) is 24.1 Å². The maximum atomic E-state index is 9.53. The molecule has 1 N–H and O–H groups in total. The third-order valence-electron chi connectivity index (χ3n) is 1.81. The molecule has 0 aliphatic carbocycles. The van der Waals surface area contributed by atoms with E-state index >= 15 is 0 Å². The van der Waals surface area contributed by atoms with Crippen molar-refractivity contribution in [1.82, 2.24) is 0 Å². The predicted octanol–water partition coefficient (Wildman–Crippen LogP) is 2.55. The molecule has 1 aromatic rings. The van der Waals surface area contributed by atoms with E-state index in [1.165, 1.54) is 4.90 Å². The molecule has 0 aromatic heterocycles. The zero-order valence-corrected chi connectivity index (χ0v) is 8.83. The molecule has 0 saturated heterocycles. The normalized spacial score (nSPS) is 12.0. The van der Waals surface area contributed by atoms with Gasteiger partial charge in [-0.25, -0.2) is 0 Å². The molecule has 0 amide bonds. The van der Waals surface area contributed by atoms with E-state index in [-0.39, 0.29) is 6.10 Å². The summed E-state index contributed by atoms with van der Waals surface area (Å²) in [5, 5.41) is 9.53. The van der Waals surface area contributed by atoms with E-state index in [9.17, 15) is 5.11 Å². The van der Waals surface area contributed by atoms with Crippen molar-refractivity contribution in [3.05, 3.63) is 30.3 Å². The van der Waals surface area contributed by atoms with Crippen LogP contribution >= 0.6 is 11.8 Å². The third-order valence-corrected chi connectivity index (χ3v) is 2.96. The van der Waals surface area contributed by atoms with Crippen LogP contribution < -0.4 is 0 Å². The van der Waals surface area contributed by atoms with Gasteiger partial charge in [0.15, 0.2) is 0 Å². The Morgan fingerprint density at radius 1 is 1.36 bits per heavy atom. The maximum Gasteiger partial charge on any atom is 0.0643 e. The van der Waals surface area contributed by atoms with Gasteiger partial charge in [-0.05, 0) is 18.6 Å². The van der Waals surface area contributed by atoms with Gasteiger partial charge in [0.2, 0.25) is 0 Å². The molecular weight excluding hydrogens is 192 g/mol. The molecule has 0 fully saturated rings. The van der Waals surface area contributed by atoms with Crippen molar-refractivity contribution < 1.29 is 5.11 Å². The minimum absolute atomic E-state index is 0.295. The molecule has 0 aliphatic rings. The standard InChI is InChI=1S/C12H14OS/c1-2-3-7-11(13)10-14-12-8-5-4-6-9-12/h1,4-6,8-9,11,13H,3,7,10H2. The van der Waals surface area contributed by atoms with E-state index < -0.39 is 0 Å². The maximum absolute atomic E-state index is 9.53. The molecule has 74 valence electrons. The van der Waals surface area contributed by atoms with Crippen LogP contribution in [0.3, 0.4) is 0 Å². The number of thioether (sulfide) groups is 1. The zero-order chi connectivity index (χ0) is 10.2. The van der Waals surface area contributed by atoms with Crippen molar-refractivity contribution in [2.45, 2.75) is 23.8 Å². The summed E-state index contributed by atoms with van der Waals surface area (Å²) >= 11 is 1.66. The lowest BCUT2D eigenvalue weighted by Gasteiger charge is -2.07. The van der Waals surface area contributed by atoms with E-state index in [0.29, 0.717) is 18.6 Å². The first-order valence-electron chi connectivity index (χ1n) is 4.62. The SMILES string of the molecule is C#CCCC(O)CSc1ccccc1. The number of aliphatic hydroxyl groups excluding tert-OH is 1. The second-order valence-electron chi connectivity index (χ2n) is 3.02. The number of aliphatic hydroxyl groups is 1. The van der Waals surface area contributed by atoms with E-state index in [4.69, 9.17) is 6.42 Å². The Hall–Kier alpha value is -0.910. The molecule has 14 heavy (non-hydrogen) atoms. The highest BCUT2D eigenvalue weighted by atomic mass is 32.2. The fourth-order valence-electron chi connectivity index (χ4n) is 1.04. The first kappa shape index (κ1) is 11.2. The fraction of sp³-hybridized carbons (Fsp3) is 0.333. The number of terminal acetylenes is 1. The van der Waals surface area contributed by atoms with Crippen LogP contribution in [0, 0.1) is 12.3 Å². The van der Waals surface area contributed by atoms with Crippen LogP contribution in [0.15, 0.2) is 35.2 Å². The van der Waals surface area contributed by atoms with Crippen molar-refractivity contribution in [3.8, 4) is 12.3 Å². The van der Waals surface area contributed by atoms with Gasteiger partial charge >= 0.3 is 0 Å². The fourth-order valence-corrected chi connectivity index (χ4v) is 1.94. The summed E-state index contributed by atoms with van der Waals surface area (Å²) in [5.74, 6) is 3.24. The molecule has 1 nitrogen and oxygen atoms in total. The smallest absolute Gasteiger partial charge is 0.0643 e. The molecule has 0 bridgehead atoms. The van der Waals surface area contributed by atoms with Crippen molar-refractivity contribution in [2.24, 2.45) is 0 Å². The summed E-state index contributed by atoms with van der Waals surface area (Å²) in [7, 11) is 0. The second-order valence-corrected chi connectivity index (χ2v) is 4.11. The van der Waals surface area contributed by atoms with E-state index in [1.54, 1.807) is 11.8 Å². The summed E-state index contributed by atoms with van der Waals surface area (Å²) in [6.07, 6.45) is 6.16. The lowest BCUT2D eigenvalue weighted by atomic mass is 10.2. The number of benzene rings is 1. The Kier molecular flexibility index (Phi) is 5.21. The summed E-state index contributed by atoms with van der Waals surface area (Å²) in [4.78, 5) is 1.19. The van der Waals surface area contributed by atoms with Crippen LogP contribution in [0.1, 0.15) is 12.8 Å². The van der Waals surface area contributed by atoms with E-state index in [1.807, 2.05) is 30.3 Å². The number of hydrogen-bond donors (Lipinski definition) is 1. The lowest BCUT2D eigenvalue weighted by Crippen LogP contribution is -2.08. The van der Waals surface area contributed by atoms with Crippen LogP contribution in [0.2, 0.25) is 0 Å². The summed E-state index contributed by atoms with van der Waals surface area (Å²) in [5.41, 5.74) is 0. The van der Waals surface area contributed by atoms with Gasteiger partial charge in [-0.3, -0.25) is 0 Å². The zero-order valence-electron chi connectivity index (χ0n) is 8.02. The Morgan fingerprint density at radius 2 is 2.07 bits per heavy atom. The van der Waals surface area contributed by atoms with Gasteiger partial charge in [0.1, 0.15) is 0 Å². The minimum atomic E-state index is -0.295. The predicted molar refractivity (Wildman–Crippen MR) is 61.2 cm³/mol. The summed E-state index contributed by atoms with van der Waals surface area (Å²) in [6, 6.07) is 10.1. The Labute approximate surface area is 89.5 Å². The Balaban J connectivity index is 2.24. The average Bonchev–Trinajstić information content (AvgIpc) is 2.25. The monoisotopic (exact) mass is 206 g/mol. The van der Waals surface area contributed by atoms with Crippen molar-refractivity contribution in [3.63, 3.8) is 0 Å². The van der Waals surface area contributed by atoms with Crippen LogP contribution in [-0.4, -0.2) is 17.0 Å². The van der Waals surface area contributed by atoms with Crippen molar-refractivity contribution >= 4 is 11.8 Å². The molecule has 0 spiro atoms. The molecule has 2 heteroatoms. The molecule has 1 atom stereocenters. The van der Waals surface area contributed by atoms with Gasteiger partial charge in [0.25, 0.3) is 0 Å². The third kappa shape index (κ3) is 4.36. The minimum Gasteiger partial charge on any atom is -0.392 e. The number of hydrogen-bond acceptors (Lipinski definition) is 2. The average molecular weight is 206 g/mol. The first-order chi connectivity index (χ1) is 6.83. The van der Waals surface area contributed by atoms with E-state index in [2.05, 4.69) is 5.92 Å². The molecule has 1 unspecified atom stereocenters. The molecule has 0 aliphatic heterocycles. The topological polar surface area (TPSA) is 20.2 Å². The largest absolute Gasteiger partial charge is 0.392 e. The van der Waals surface area contributed by atoms with Crippen LogP contribution in [0.5, 0.6) is 0 Å². The quantitative estimate of drug-likeness (QED) is 0.590. The van der Waals surface area contributed by atoms with Gasteiger partial charge in [-0.2, -0.15) is 0 Å². The summed E-state index contributed by atoms with van der Waals surface area (Å²) in [6.45, 7) is 0. The lowest BCUT2D eigenvalue weighted by molar-refractivity contribution is 0.191. The molecule has 0 heterocycles. The highest BCUT2D eigenvalue weighted by Gasteiger charge is 2.03. The Bertz CT molecular complexity index is 289. The van der Waals surface area contributed by atoms with Crippen LogP contribution in [-0.2, 0) is 0 Å². The van der Waals surface area contributed by atoms with Crippen LogP contribution in [0.25, 0.3) is 0 Å².